The molecule has 1 atom stereocenters. The number of likely N-dealkylation sites (N-methyl/N-ethyl adjacent to an activating group) is 1. The molecule has 5 heteroatoms. The van der Waals surface area contributed by atoms with Crippen LogP contribution in [0.15, 0.2) is 35.7 Å². The zero-order valence-electron chi connectivity index (χ0n) is 12.0. The zero-order valence-corrected chi connectivity index (χ0v) is 12.9. The van der Waals surface area contributed by atoms with Crippen molar-refractivity contribution in [2.24, 2.45) is 0 Å². The lowest BCUT2D eigenvalue weighted by molar-refractivity contribution is 0.0692. The lowest BCUT2D eigenvalue weighted by Gasteiger charge is -2.24. The van der Waals surface area contributed by atoms with Crippen molar-refractivity contribution in [1.82, 2.24) is 4.90 Å². The molecule has 112 valence electrons. The van der Waals surface area contributed by atoms with Gasteiger partial charge in [-0.3, -0.25) is 4.90 Å². The minimum Gasteiger partial charge on any atom is -0.478 e. The van der Waals surface area contributed by atoms with E-state index in [0.29, 0.717) is 12.6 Å². The van der Waals surface area contributed by atoms with Crippen molar-refractivity contribution in [3.8, 4) is 0 Å². The molecule has 0 spiro atoms. The number of benzene rings is 1. The Morgan fingerprint density at radius 1 is 1.43 bits per heavy atom. The molecule has 1 unspecified atom stereocenters. The van der Waals surface area contributed by atoms with Gasteiger partial charge >= 0.3 is 5.97 Å². The van der Waals surface area contributed by atoms with Crippen LogP contribution in [0.3, 0.4) is 0 Å². The fourth-order valence-corrected chi connectivity index (χ4v) is 2.98. The Bertz CT molecular complexity index is 613. The van der Waals surface area contributed by atoms with Crippen LogP contribution in [0.25, 0.3) is 0 Å². The van der Waals surface area contributed by atoms with Crippen LogP contribution in [0.4, 0.5) is 4.39 Å². The average molecular weight is 307 g/mol. The number of carboxylic acids is 1. The lowest BCUT2D eigenvalue weighted by Crippen LogP contribution is -2.30. The Morgan fingerprint density at radius 2 is 2.19 bits per heavy atom. The molecule has 21 heavy (non-hydrogen) atoms. The lowest BCUT2D eigenvalue weighted by atomic mass is 10.1. The monoisotopic (exact) mass is 307 g/mol. The molecule has 0 saturated carbocycles. The molecule has 0 aliphatic rings. The van der Waals surface area contributed by atoms with Gasteiger partial charge in [0.05, 0.1) is 5.56 Å². The van der Waals surface area contributed by atoms with Crippen LogP contribution >= 0.6 is 11.3 Å². The summed E-state index contributed by atoms with van der Waals surface area (Å²) in [5.41, 5.74) is 0.492. The van der Waals surface area contributed by atoms with Crippen LogP contribution in [0.1, 0.15) is 27.7 Å². The van der Waals surface area contributed by atoms with E-state index in [-0.39, 0.29) is 5.56 Å². The Hall–Kier alpha value is -1.72. The molecule has 0 amide bonds. The number of thiophene rings is 1. The highest BCUT2D eigenvalue weighted by atomic mass is 32.1. The second-order valence-electron chi connectivity index (χ2n) is 5.17. The topological polar surface area (TPSA) is 40.5 Å². The number of halogens is 1. The quantitative estimate of drug-likeness (QED) is 0.885. The van der Waals surface area contributed by atoms with E-state index in [1.165, 1.54) is 17.0 Å². The van der Waals surface area contributed by atoms with E-state index < -0.39 is 11.8 Å². The Balaban J connectivity index is 2.00. The van der Waals surface area contributed by atoms with Gasteiger partial charge in [0, 0.05) is 17.5 Å². The van der Waals surface area contributed by atoms with Crippen LogP contribution < -0.4 is 0 Å². The third-order valence-corrected chi connectivity index (χ3v) is 4.42. The maximum absolute atomic E-state index is 13.7. The van der Waals surface area contributed by atoms with Crippen LogP contribution in [-0.2, 0) is 13.0 Å². The summed E-state index contributed by atoms with van der Waals surface area (Å²) in [5.74, 6) is -1.92. The summed E-state index contributed by atoms with van der Waals surface area (Å²) in [7, 11) is 1.99. The van der Waals surface area contributed by atoms with E-state index >= 15 is 0 Å². The van der Waals surface area contributed by atoms with Gasteiger partial charge in [-0.2, -0.15) is 0 Å². The first-order valence-corrected chi connectivity index (χ1v) is 7.59. The Morgan fingerprint density at radius 3 is 2.76 bits per heavy atom. The second kappa shape index (κ2) is 6.83. The van der Waals surface area contributed by atoms with Crippen LogP contribution in [-0.4, -0.2) is 29.1 Å². The van der Waals surface area contributed by atoms with Crippen molar-refractivity contribution < 1.29 is 14.3 Å². The average Bonchev–Trinajstić information content (AvgIpc) is 2.91. The largest absolute Gasteiger partial charge is 0.478 e. The molecule has 0 aliphatic heterocycles. The molecule has 3 nitrogen and oxygen atoms in total. The van der Waals surface area contributed by atoms with Gasteiger partial charge in [0.15, 0.2) is 0 Å². The van der Waals surface area contributed by atoms with Crippen molar-refractivity contribution in [2.75, 3.05) is 7.05 Å². The van der Waals surface area contributed by atoms with Crippen LogP contribution in [0.2, 0.25) is 0 Å². The fraction of sp³-hybridized carbons (Fsp3) is 0.312. The van der Waals surface area contributed by atoms with Gasteiger partial charge in [-0.05, 0) is 49.5 Å². The van der Waals surface area contributed by atoms with E-state index in [0.717, 1.165) is 12.0 Å². The minimum absolute atomic E-state index is 0.284. The molecule has 1 heterocycles. The van der Waals surface area contributed by atoms with Crippen LogP contribution in [0.5, 0.6) is 0 Å². The second-order valence-corrected chi connectivity index (χ2v) is 6.20. The smallest absolute Gasteiger partial charge is 0.338 e. The van der Waals surface area contributed by atoms with Gasteiger partial charge in [-0.1, -0.05) is 12.1 Å². The Labute approximate surface area is 127 Å². The minimum atomic E-state index is -1.24. The summed E-state index contributed by atoms with van der Waals surface area (Å²) in [4.78, 5) is 14.2. The highest BCUT2D eigenvalue weighted by Crippen LogP contribution is 2.16. The number of aromatic carboxylic acids is 1. The number of nitrogens with zero attached hydrogens (tertiary/aromatic N) is 1. The molecular formula is C16H18FNO2S. The highest BCUT2D eigenvalue weighted by molar-refractivity contribution is 7.09. The summed E-state index contributed by atoms with van der Waals surface area (Å²) in [6.07, 6.45) is 0.948. The van der Waals surface area contributed by atoms with Gasteiger partial charge in [-0.25, -0.2) is 9.18 Å². The first-order chi connectivity index (χ1) is 9.97. The summed E-state index contributed by atoms with van der Waals surface area (Å²) < 4.78 is 13.7. The van der Waals surface area contributed by atoms with Gasteiger partial charge in [0.2, 0.25) is 0 Å². The molecule has 0 bridgehead atoms. The van der Waals surface area contributed by atoms with Crippen molar-refractivity contribution in [3.05, 3.63) is 57.5 Å². The third-order valence-electron chi connectivity index (χ3n) is 3.53. The van der Waals surface area contributed by atoms with Crippen molar-refractivity contribution in [3.63, 3.8) is 0 Å². The predicted molar refractivity (Wildman–Crippen MR) is 82.3 cm³/mol. The third kappa shape index (κ3) is 4.12. The van der Waals surface area contributed by atoms with E-state index in [4.69, 9.17) is 5.11 Å². The normalized spacial score (nSPS) is 12.6. The van der Waals surface area contributed by atoms with Gasteiger partial charge in [-0.15, -0.1) is 11.3 Å². The molecule has 0 radical (unpaired) electrons. The number of carboxylic acid groups (broad SMARTS) is 1. The number of carbonyl (C=O) groups is 1. The van der Waals surface area contributed by atoms with Crippen molar-refractivity contribution in [2.45, 2.75) is 25.9 Å². The van der Waals surface area contributed by atoms with Gasteiger partial charge < -0.3 is 5.11 Å². The number of hydrogen-bond acceptors (Lipinski definition) is 3. The number of rotatable bonds is 6. The Kier molecular flexibility index (Phi) is 5.09. The van der Waals surface area contributed by atoms with Crippen molar-refractivity contribution >= 4 is 17.3 Å². The van der Waals surface area contributed by atoms with E-state index in [1.54, 1.807) is 17.4 Å². The first kappa shape index (κ1) is 15.7. The van der Waals surface area contributed by atoms with Crippen LogP contribution in [0, 0.1) is 5.82 Å². The summed E-state index contributed by atoms with van der Waals surface area (Å²) in [6, 6.07) is 8.76. The van der Waals surface area contributed by atoms with E-state index in [1.807, 2.05) is 13.1 Å². The summed E-state index contributed by atoms with van der Waals surface area (Å²) in [5, 5.41) is 10.9. The molecule has 1 aromatic carbocycles. The SMILES string of the molecule is CC(Cc1cccs1)N(C)Cc1ccc(C(=O)O)c(F)c1. The molecule has 0 fully saturated rings. The molecule has 1 N–H and O–H groups in total. The van der Waals surface area contributed by atoms with Gasteiger partial charge in [0.25, 0.3) is 0 Å². The summed E-state index contributed by atoms with van der Waals surface area (Å²) in [6.45, 7) is 2.71. The fourth-order valence-electron chi connectivity index (χ4n) is 2.15. The standard InChI is InChI=1S/C16H18FNO2S/c1-11(8-13-4-3-7-21-13)18(2)10-12-5-6-14(16(19)20)15(17)9-12/h3-7,9,11H,8,10H2,1-2H3,(H,19,20). The van der Waals surface area contributed by atoms with E-state index in [9.17, 15) is 9.18 Å². The maximum atomic E-state index is 13.7. The van der Waals surface area contributed by atoms with Gasteiger partial charge in [0.1, 0.15) is 5.82 Å². The highest BCUT2D eigenvalue weighted by Gasteiger charge is 2.14. The first-order valence-electron chi connectivity index (χ1n) is 6.71. The zero-order chi connectivity index (χ0) is 15.4. The van der Waals surface area contributed by atoms with Crippen molar-refractivity contribution in [1.29, 1.82) is 0 Å². The summed E-state index contributed by atoms with van der Waals surface area (Å²) >= 11 is 1.73. The molecular weight excluding hydrogens is 289 g/mol. The maximum Gasteiger partial charge on any atom is 0.338 e. The van der Waals surface area contributed by atoms with E-state index in [2.05, 4.69) is 23.3 Å². The molecule has 0 aliphatic carbocycles. The predicted octanol–water partition coefficient (Wildman–Crippen LogP) is 3.65. The molecule has 2 aromatic rings. The molecule has 2 rings (SSSR count). The molecule has 0 saturated heterocycles. The number of hydrogen-bond donors (Lipinski definition) is 1. The molecule has 1 aromatic heterocycles.